The van der Waals surface area contributed by atoms with Crippen molar-refractivity contribution < 1.29 is 9.53 Å². The highest BCUT2D eigenvalue weighted by molar-refractivity contribution is 5.92. The van der Waals surface area contributed by atoms with Crippen LogP contribution in [0.1, 0.15) is 41.7 Å². The average molecular weight is 383 g/mol. The lowest BCUT2D eigenvalue weighted by atomic mass is 9.79. The molecule has 0 aromatic carbocycles. The van der Waals surface area contributed by atoms with Crippen molar-refractivity contribution in [1.82, 2.24) is 25.0 Å². The number of pyridine rings is 1. The summed E-state index contributed by atoms with van der Waals surface area (Å²) in [6, 6.07) is 5.41. The Kier molecular flexibility index (Phi) is 5.73. The van der Waals surface area contributed by atoms with Crippen molar-refractivity contribution in [3.8, 4) is 0 Å². The summed E-state index contributed by atoms with van der Waals surface area (Å²) in [5.74, 6) is 0.374. The standard InChI is InChI=1S/C21H29N5O2/c1-25-15-18(14-24-25)16-26-9-6-21(7-10-26)12-17(5-11-28-21)13-23-20(27)19-4-2-3-8-22-19/h2-4,8,14-15,17H,5-7,9-13,16H2,1H3,(H,23,27). The molecule has 4 rings (SSSR count). The molecule has 1 atom stereocenters. The normalized spacial score (nSPS) is 22.2. The maximum Gasteiger partial charge on any atom is 0.269 e. The number of likely N-dealkylation sites (tertiary alicyclic amines) is 1. The molecule has 0 aliphatic carbocycles. The predicted octanol–water partition coefficient (Wildman–Crippen LogP) is 2.01. The van der Waals surface area contributed by atoms with Crippen LogP contribution in [-0.2, 0) is 18.3 Å². The smallest absolute Gasteiger partial charge is 0.269 e. The highest BCUT2D eigenvalue weighted by Gasteiger charge is 2.40. The molecule has 7 heteroatoms. The van der Waals surface area contributed by atoms with E-state index in [1.54, 1.807) is 12.3 Å². The number of carbonyl (C=O) groups excluding carboxylic acids is 1. The number of hydrogen-bond donors (Lipinski definition) is 1. The van der Waals surface area contributed by atoms with Gasteiger partial charge in [-0.05, 0) is 43.7 Å². The number of aromatic nitrogens is 3. The van der Waals surface area contributed by atoms with Crippen LogP contribution in [0.3, 0.4) is 0 Å². The summed E-state index contributed by atoms with van der Waals surface area (Å²) in [6.45, 7) is 4.52. The zero-order valence-corrected chi connectivity index (χ0v) is 16.5. The highest BCUT2D eigenvalue weighted by atomic mass is 16.5. The molecule has 2 aromatic heterocycles. The Balaban J connectivity index is 1.26. The van der Waals surface area contributed by atoms with Crippen LogP contribution in [0.15, 0.2) is 36.8 Å². The Morgan fingerprint density at radius 1 is 1.36 bits per heavy atom. The molecule has 150 valence electrons. The van der Waals surface area contributed by atoms with Crippen LogP contribution in [0.4, 0.5) is 0 Å². The second kappa shape index (κ2) is 8.41. The van der Waals surface area contributed by atoms with Crippen molar-refractivity contribution in [3.63, 3.8) is 0 Å². The largest absolute Gasteiger partial charge is 0.375 e. The summed E-state index contributed by atoms with van der Waals surface area (Å²) in [4.78, 5) is 18.9. The molecule has 0 bridgehead atoms. The predicted molar refractivity (Wildman–Crippen MR) is 106 cm³/mol. The van der Waals surface area contributed by atoms with Gasteiger partial charge in [0.15, 0.2) is 0 Å². The maximum atomic E-state index is 12.3. The number of hydrogen-bond acceptors (Lipinski definition) is 5. The van der Waals surface area contributed by atoms with E-state index >= 15 is 0 Å². The summed E-state index contributed by atoms with van der Waals surface area (Å²) in [7, 11) is 1.96. The molecule has 28 heavy (non-hydrogen) atoms. The van der Waals surface area contributed by atoms with Gasteiger partial charge in [0.25, 0.3) is 5.91 Å². The van der Waals surface area contributed by atoms with Gasteiger partial charge in [0.05, 0.1) is 11.8 Å². The van der Waals surface area contributed by atoms with Crippen molar-refractivity contribution in [3.05, 3.63) is 48.0 Å². The number of nitrogens with one attached hydrogen (secondary N) is 1. The van der Waals surface area contributed by atoms with E-state index in [4.69, 9.17) is 4.74 Å². The number of nitrogens with zero attached hydrogens (tertiary/aromatic N) is 4. The minimum atomic E-state index is -0.0903. The van der Waals surface area contributed by atoms with Crippen LogP contribution >= 0.6 is 0 Å². The number of aryl methyl sites for hydroxylation is 1. The van der Waals surface area contributed by atoms with Gasteiger partial charge in [-0.25, -0.2) is 0 Å². The fourth-order valence-electron chi connectivity index (χ4n) is 4.41. The van der Waals surface area contributed by atoms with Gasteiger partial charge in [0.2, 0.25) is 0 Å². The second-order valence-corrected chi connectivity index (χ2v) is 8.11. The van der Waals surface area contributed by atoms with E-state index in [1.165, 1.54) is 5.56 Å². The fourth-order valence-corrected chi connectivity index (χ4v) is 4.41. The molecular formula is C21H29N5O2. The molecule has 1 amide bonds. The van der Waals surface area contributed by atoms with E-state index in [1.807, 2.05) is 30.1 Å². The van der Waals surface area contributed by atoms with Gasteiger partial charge in [0, 0.05) is 57.8 Å². The highest BCUT2D eigenvalue weighted by Crippen LogP contribution is 2.37. The number of piperidine rings is 1. The van der Waals surface area contributed by atoms with E-state index in [-0.39, 0.29) is 11.5 Å². The molecule has 0 saturated carbocycles. The van der Waals surface area contributed by atoms with Gasteiger partial charge < -0.3 is 10.1 Å². The molecule has 4 heterocycles. The Bertz CT molecular complexity index is 783. The number of amides is 1. The lowest BCUT2D eigenvalue weighted by Crippen LogP contribution is -2.50. The number of carbonyl (C=O) groups is 1. The number of rotatable bonds is 5. The molecule has 1 N–H and O–H groups in total. The molecule has 2 fully saturated rings. The summed E-state index contributed by atoms with van der Waals surface area (Å²) in [6.07, 6.45) is 9.82. The minimum Gasteiger partial charge on any atom is -0.375 e. The first kappa shape index (κ1) is 19.1. The van der Waals surface area contributed by atoms with Crippen molar-refractivity contribution in [1.29, 1.82) is 0 Å². The van der Waals surface area contributed by atoms with Crippen LogP contribution in [0, 0.1) is 5.92 Å². The Morgan fingerprint density at radius 2 is 2.21 bits per heavy atom. The molecule has 2 aliphatic heterocycles. The van der Waals surface area contributed by atoms with E-state index in [2.05, 4.69) is 26.5 Å². The first-order valence-corrected chi connectivity index (χ1v) is 10.1. The summed E-state index contributed by atoms with van der Waals surface area (Å²) in [5, 5.41) is 7.32. The molecule has 1 spiro atoms. The Labute approximate surface area is 166 Å². The van der Waals surface area contributed by atoms with Crippen molar-refractivity contribution in [2.75, 3.05) is 26.2 Å². The lowest BCUT2D eigenvalue weighted by Gasteiger charge is -2.46. The average Bonchev–Trinajstić information content (AvgIpc) is 3.14. The molecule has 1 unspecified atom stereocenters. The van der Waals surface area contributed by atoms with Crippen molar-refractivity contribution in [2.45, 2.75) is 37.8 Å². The van der Waals surface area contributed by atoms with Gasteiger partial charge >= 0.3 is 0 Å². The lowest BCUT2D eigenvalue weighted by molar-refractivity contribution is -0.127. The van der Waals surface area contributed by atoms with Crippen molar-refractivity contribution in [2.24, 2.45) is 13.0 Å². The fraction of sp³-hybridized carbons (Fsp3) is 0.571. The van der Waals surface area contributed by atoms with E-state index < -0.39 is 0 Å². The molecule has 2 aromatic rings. The van der Waals surface area contributed by atoms with Crippen LogP contribution in [0.25, 0.3) is 0 Å². The third-order valence-corrected chi connectivity index (χ3v) is 5.98. The SMILES string of the molecule is Cn1cc(CN2CCC3(CC2)CC(CNC(=O)c2ccccn2)CCO3)cn1. The third-order valence-electron chi connectivity index (χ3n) is 5.98. The van der Waals surface area contributed by atoms with Crippen molar-refractivity contribution >= 4 is 5.91 Å². The van der Waals surface area contributed by atoms with E-state index in [0.29, 0.717) is 18.2 Å². The first-order valence-electron chi connectivity index (χ1n) is 10.1. The Morgan fingerprint density at radius 3 is 2.93 bits per heavy atom. The van der Waals surface area contributed by atoms with Gasteiger partial charge in [0.1, 0.15) is 5.69 Å². The zero-order chi connectivity index (χ0) is 19.4. The molecular weight excluding hydrogens is 354 g/mol. The number of ether oxygens (including phenoxy) is 1. The van der Waals surface area contributed by atoms with Crippen LogP contribution in [-0.4, -0.2) is 57.4 Å². The third kappa shape index (κ3) is 4.59. The summed E-state index contributed by atoms with van der Waals surface area (Å²) < 4.78 is 8.12. The summed E-state index contributed by atoms with van der Waals surface area (Å²) >= 11 is 0. The topological polar surface area (TPSA) is 72.3 Å². The van der Waals surface area contributed by atoms with E-state index in [9.17, 15) is 4.79 Å². The quantitative estimate of drug-likeness (QED) is 0.855. The van der Waals surface area contributed by atoms with Crippen LogP contribution in [0.5, 0.6) is 0 Å². The molecule has 7 nitrogen and oxygen atoms in total. The van der Waals surface area contributed by atoms with Crippen LogP contribution < -0.4 is 5.32 Å². The van der Waals surface area contributed by atoms with Gasteiger partial charge in [-0.15, -0.1) is 0 Å². The van der Waals surface area contributed by atoms with E-state index in [0.717, 1.165) is 51.9 Å². The van der Waals surface area contributed by atoms with Gasteiger partial charge in [-0.2, -0.15) is 5.10 Å². The zero-order valence-electron chi connectivity index (χ0n) is 16.5. The first-order chi connectivity index (χ1) is 13.6. The second-order valence-electron chi connectivity index (χ2n) is 8.11. The summed E-state index contributed by atoms with van der Waals surface area (Å²) in [5.41, 5.74) is 1.72. The molecule has 2 aliphatic rings. The minimum absolute atomic E-state index is 0.0237. The molecule has 2 saturated heterocycles. The van der Waals surface area contributed by atoms with Crippen LogP contribution in [0.2, 0.25) is 0 Å². The van der Waals surface area contributed by atoms with Gasteiger partial charge in [-0.1, -0.05) is 6.07 Å². The molecule has 0 radical (unpaired) electrons. The Hall–Kier alpha value is -2.25. The maximum absolute atomic E-state index is 12.3. The van der Waals surface area contributed by atoms with Gasteiger partial charge in [-0.3, -0.25) is 19.4 Å². The monoisotopic (exact) mass is 383 g/mol.